The van der Waals surface area contributed by atoms with Gasteiger partial charge in [-0.1, -0.05) is 12.7 Å². The maximum absolute atomic E-state index is 13.5. The number of methoxy groups -OCH3 is 1. The Bertz CT molecular complexity index is 1090. The van der Waals surface area contributed by atoms with Crippen LogP contribution >= 0.6 is 0 Å². The molecule has 0 aliphatic heterocycles. The molecule has 2 N–H and O–H groups in total. The lowest BCUT2D eigenvalue weighted by Gasteiger charge is -2.16. The standard InChI is InChI=1S/C21H20F3N3O3.CH4O/c1-12(5-6-13(2)30-4)14(3)25-21-26-20(29)16(11-28)10-27(21)9-15-7-17(22)19(24)18(23)8-15;1-2/h5-8,10-11H,3,9H2,1-2,4H3,(H,25,26,29);2H,1H3/b12-5-,13-6+;. The third-order valence-electron chi connectivity index (χ3n) is 4.17. The predicted molar refractivity (Wildman–Crippen MR) is 115 cm³/mol. The molecule has 0 atom stereocenters. The lowest BCUT2D eigenvalue weighted by molar-refractivity contribution is 0.112. The van der Waals surface area contributed by atoms with E-state index in [0.29, 0.717) is 23.3 Å². The Hall–Kier alpha value is -3.66. The number of hydrogen-bond donors (Lipinski definition) is 2. The first-order chi connectivity index (χ1) is 15.2. The van der Waals surface area contributed by atoms with E-state index in [1.165, 1.54) is 17.9 Å². The Morgan fingerprint density at radius 2 is 1.81 bits per heavy atom. The molecule has 0 fully saturated rings. The summed E-state index contributed by atoms with van der Waals surface area (Å²) in [6.07, 6.45) is 4.94. The summed E-state index contributed by atoms with van der Waals surface area (Å²) in [6, 6.07) is 1.64. The molecular formula is C22H24F3N3O4. The number of allylic oxidation sites excluding steroid dienone is 4. The summed E-state index contributed by atoms with van der Waals surface area (Å²) in [7, 11) is 2.53. The molecule has 0 saturated heterocycles. The van der Waals surface area contributed by atoms with E-state index in [0.717, 1.165) is 19.2 Å². The number of benzene rings is 1. The third kappa shape index (κ3) is 6.95. The van der Waals surface area contributed by atoms with E-state index in [1.54, 1.807) is 26.0 Å². The van der Waals surface area contributed by atoms with Crippen LogP contribution in [-0.2, 0) is 11.3 Å². The van der Waals surface area contributed by atoms with Gasteiger partial charge in [-0.15, -0.1) is 0 Å². The van der Waals surface area contributed by atoms with Gasteiger partial charge in [0.2, 0.25) is 5.95 Å². The van der Waals surface area contributed by atoms with Gasteiger partial charge >= 0.3 is 0 Å². The average molecular weight is 451 g/mol. The summed E-state index contributed by atoms with van der Waals surface area (Å²) in [5.41, 5.74) is 0.0924. The number of hydrogen-bond acceptors (Lipinski definition) is 6. The smallest absolute Gasteiger partial charge is 0.285 e. The minimum Gasteiger partial charge on any atom is -0.501 e. The van der Waals surface area contributed by atoms with Crippen LogP contribution in [0.25, 0.3) is 0 Å². The third-order valence-corrected chi connectivity index (χ3v) is 4.17. The molecule has 1 heterocycles. The maximum atomic E-state index is 13.5. The zero-order valence-corrected chi connectivity index (χ0v) is 18.1. The molecule has 1 aromatic heterocycles. The van der Waals surface area contributed by atoms with Crippen LogP contribution < -0.4 is 10.9 Å². The number of nitrogens with one attached hydrogen (secondary N) is 1. The van der Waals surface area contributed by atoms with Crippen LogP contribution in [0.5, 0.6) is 0 Å². The lowest BCUT2D eigenvalue weighted by atomic mass is 10.2. The number of aliphatic hydroxyl groups excluding tert-OH is 1. The van der Waals surface area contributed by atoms with Crippen molar-refractivity contribution in [2.24, 2.45) is 0 Å². The second-order valence-corrected chi connectivity index (χ2v) is 6.38. The number of carbonyl (C=O) groups is 1. The Kier molecular flexibility index (Phi) is 10.1. The van der Waals surface area contributed by atoms with E-state index in [4.69, 9.17) is 9.84 Å². The summed E-state index contributed by atoms with van der Waals surface area (Å²) in [5, 5.41) is 9.85. The zero-order valence-electron chi connectivity index (χ0n) is 18.1. The van der Waals surface area contributed by atoms with Crippen LogP contribution in [0.4, 0.5) is 19.1 Å². The molecule has 0 spiro atoms. The van der Waals surface area contributed by atoms with Crippen LogP contribution in [0.15, 0.2) is 58.9 Å². The van der Waals surface area contributed by atoms with Gasteiger partial charge in [0.1, 0.15) is 0 Å². The van der Waals surface area contributed by atoms with Crippen molar-refractivity contribution in [1.82, 2.24) is 9.55 Å². The van der Waals surface area contributed by atoms with Gasteiger partial charge in [-0.25, -0.2) is 13.2 Å². The van der Waals surface area contributed by atoms with E-state index in [-0.39, 0.29) is 23.6 Å². The highest BCUT2D eigenvalue weighted by Gasteiger charge is 2.14. The topological polar surface area (TPSA) is 93.5 Å². The minimum atomic E-state index is -1.59. The van der Waals surface area contributed by atoms with Crippen molar-refractivity contribution in [3.05, 3.63) is 93.0 Å². The highest BCUT2D eigenvalue weighted by atomic mass is 19.2. The van der Waals surface area contributed by atoms with Gasteiger partial charge in [0.05, 0.1) is 25.0 Å². The van der Waals surface area contributed by atoms with Crippen LogP contribution in [0.2, 0.25) is 0 Å². The highest BCUT2D eigenvalue weighted by Crippen LogP contribution is 2.17. The fraction of sp³-hybridized carbons (Fsp3) is 0.227. The number of carbonyl (C=O) groups excluding carboxylic acids is 1. The molecule has 0 radical (unpaired) electrons. The molecule has 10 heteroatoms. The van der Waals surface area contributed by atoms with Crippen molar-refractivity contribution in [2.75, 3.05) is 19.5 Å². The molecular weight excluding hydrogens is 427 g/mol. The zero-order chi connectivity index (χ0) is 24.4. The maximum Gasteiger partial charge on any atom is 0.285 e. The number of aromatic nitrogens is 2. The Morgan fingerprint density at radius 3 is 2.34 bits per heavy atom. The first kappa shape index (κ1) is 26.4. The summed E-state index contributed by atoms with van der Waals surface area (Å²) in [6.45, 7) is 7.19. The van der Waals surface area contributed by atoms with Crippen LogP contribution in [0.1, 0.15) is 29.8 Å². The molecule has 2 rings (SSSR count). The highest BCUT2D eigenvalue weighted by molar-refractivity contribution is 5.73. The molecule has 0 unspecified atom stereocenters. The van der Waals surface area contributed by atoms with Gasteiger partial charge in [0.25, 0.3) is 5.56 Å². The number of anilines is 1. The van der Waals surface area contributed by atoms with Gasteiger partial charge in [-0.2, -0.15) is 4.98 Å². The van der Waals surface area contributed by atoms with E-state index >= 15 is 0 Å². The molecule has 2 aromatic rings. The van der Waals surface area contributed by atoms with E-state index in [1.807, 2.05) is 0 Å². The van der Waals surface area contributed by atoms with E-state index < -0.39 is 23.0 Å². The van der Waals surface area contributed by atoms with Crippen molar-refractivity contribution < 1.29 is 27.8 Å². The Labute approximate surface area is 183 Å². The summed E-state index contributed by atoms with van der Waals surface area (Å²) in [4.78, 5) is 26.9. The number of aldehydes is 1. The predicted octanol–water partition coefficient (Wildman–Crippen LogP) is 3.55. The van der Waals surface area contributed by atoms with Crippen LogP contribution in [0.3, 0.4) is 0 Å². The van der Waals surface area contributed by atoms with Gasteiger partial charge in [-0.3, -0.25) is 9.59 Å². The monoisotopic (exact) mass is 451 g/mol. The summed E-state index contributed by atoms with van der Waals surface area (Å²) < 4.78 is 46.7. The quantitative estimate of drug-likeness (QED) is 0.276. The van der Waals surface area contributed by atoms with Crippen molar-refractivity contribution in [3.63, 3.8) is 0 Å². The van der Waals surface area contributed by atoms with Gasteiger partial charge in [0.15, 0.2) is 23.7 Å². The van der Waals surface area contributed by atoms with E-state index in [9.17, 15) is 22.8 Å². The fourth-order valence-corrected chi connectivity index (χ4v) is 2.35. The fourth-order valence-electron chi connectivity index (χ4n) is 2.35. The second-order valence-electron chi connectivity index (χ2n) is 6.38. The number of ether oxygens (including phenoxy) is 1. The normalized spacial score (nSPS) is 11.4. The summed E-state index contributed by atoms with van der Waals surface area (Å²) in [5.74, 6) is -3.65. The van der Waals surface area contributed by atoms with Crippen molar-refractivity contribution >= 4 is 12.2 Å². The summed E-state index contributed by atoms with van der Waals surface area (Å²) >= 11 is 0. The Morgan fingerprint density at radius 1 is 1.22 bits per heavy atom. The molecule has 0 aliphatic carbocycles. The van der Waals surface area contributed by atoms with E-state index in [2.05, 4.69) is 16.9 Å². The molecule has 32 heavy (non-hydrogen) atoms. The van der Waals surface area contributed by atoms with Gasteiger partial charge < -0.3 is 19.7 Å². The van der Waals surface area contributed by atoms with Crippen molar-refractivity contribution in [1.29, 1.82) is 0 Å². The first-order valence-electron chi connectivity index (χ1n) is 9.16. The number of aliphatic hydroxyl groups is 1. The van der Waals surface area contributed by atoms with Crippen molar-refractivity contribution in [2.45, 2.75) is 20.4 Å². The van der Waals surface area contributed by atoms with Crippen LogP contribution in [-0.4, -0.2) is 35.2 Å². The lowest BCUT2D eigenvalue weighted by Crippen LogP contribution is -2.22. The molecule has 0 amide bonds. The van der Waals surface area contributed by atoms with Gasteiger partial charge in [0, 0.05) is 19.0 Å². The molecule has 0 aliphatic rings. The second kappa shape index (κ2) is 12.3. The molecule has 7 nitrogen and oxygen atoms in total. The number of nitrogens with zero attached hydrogens (tertiary/aromatic N) is 2. The largest absolute Gasteiger partial charge is 0.501 e. The number of rotatable bonds is 8. The molecule has 0 bridgehead atoms. The average Bonchev–Trinajstić information content (AvgIpc) is 2.78. The molecule has 1 aromatic carbocycles. The SMILES string of the molecule is C=C(Nc1nc(=O)c(C=O)cn1Cc1cc(F)c(F)c(F)c1)/C(C)=C\C=C(/C)OC.CO. The minimum absolute atomic E-state index is 0.0130. The van der Waals surface area contributed by atoms with Gasteiger partial charge in [-0.05, 0) is 43.2 Å². The number of halogens is 3. The molecule has 172 valence electrons. The van der Waals surface area contributed by atoms with Crippen molar-refractivity contribution in [3.8, 4) is 0 Å². The molecule has 0 saturated carbocycles. The first-order valence-corrected chi connectivity index (χ1v) is 9.16. The van der Waals surface area contributed by atoms with Crippen LogP contribution in [0, 0.1) is 17.5 Å². The Balaban J connectivity index is 0.00000249.